The molecule has 0 spiro atoms. The molecule has 0 aliphatic carbocycles. The normalized spacial score (nSPS) is 27.4. The quantitative estimate of drug-likeness (QED) is 0.401. The second kappa shape index (κ2) is 5.11. The Hall–Kier alpha value is -1.39. The highest BCUT2D eigenvalue weighted by atomic mass is 35.5. The van der Waals surface area contributed by atoms with Gasteiger partial charge in [-0.1, -0.05) is 59.7 Å². The number of nitrogens with zero attached hydrogens (tertiary/aromatic N) is 1. The number of carbonyl (C=O) groups is 1. The van der Waals surface area contributed by atoms with Crippen molar-refractivity contribution in [3.05, 3.63) is 47.2 Å². The van der Waals surface area contributed by atoms with Crippen LogP contribution in [0.3, 0.4) is 0 Å². The molecule has 0 radical (unpaired) electrons. The highest BCUT2D eigenvalue weighted by molar-refractivity contribution is 7.81. The minimum atomic E-state index is -0.801. The summed E-state index contributed by atoms with van der Waals surface area (Å²) in [5, 5.41) is 9.27. The number of aryl methyl sites for hydroxylation is 1. The summed E-state index contributed by atoms with van der Waals surface area (Å²) in [6.07, 6.45) is 3.08. The molecule has 110 valence electrons. The summed E-state index contributed by atoms with van der Waals surface area (Å²) in [7, 11) is 0. The van der Waals surface area contributed by atoms with Crippen LogP contribution in [0.25, 0.3) is 0 Å². The van der Waals surface area contributed by atoms with E-state index in [4.69, 9.17) is 23.8 Å². The molecular weight excluding hydrogens is 306 g/mol. The van der Waals surface area contributed by atoms with Crippen LogP contribution in [0.2, 0.25) is 0 Å². The van der Waals surface area contributed by atoms with Crippen LogP contribution in [0.4, 0.5) is 0 Å². The van der Waals surface area contributed by atoms with Crippen LogP contribution in [0.1, 0.15) is 24.0 Å². The Morgan fingerprint density at radius 1 is 1.43 bits per heavy atom. The number of hydrogen-bond donors (Lipinski definition) is 1. The summed E-state index contributed by atoms with van der Waals surface area (Å²) in [4.78, 5) is 13.1. The fourth-order valence-corrected chi connectivity index (χ4v) is 3.80. The molecule has 2 atom stereocenters. The first-order valence-corrected chi connectivity index (χ1v) is 7.73. The molecule has 0 amide bonds. The van der Waals surface area contributed by atoms with Crippen molar-refractivity contribution in [3.63, 3.8) is 0 Å². The van der Waals surface area contributed by atoms with E-state index in [1.807, 2.05) is 42.2 Å². The maximum atomic E-state index is 11.3. The smallest absolute Gasteiger partial charge is 0.312 e. The van der Waals surface area contributed by atoms with Gasteiger partial charge in [-0.05, 0) is 18.9 Å². The Kier molecular flexibility index (Phi) is 3.54. The molecule has 1 aromatic carbocycles. The number of thiocarbonyl (C=S) groups is 1. The summed E-state index contributed by atoms with van der Waals surface area (Å²) in [5.41, 5.74) is 2.91. The van der Waals surface area contributed by atoms with Gasteiger partial charge in [-0.3, -0.25) is 4.79 Å². The second-order valence-corrected chi connectivity index (χ2v) is 6.65. The van der Waals surface area contributed by atoms with Gasteiger partial charge in [0.1, 0.15) is 0 Å². The molecule has 21 heavy (non-hydrogen) atoms. The van der Waals surface area contributed by atoms with E-state index in [2.05, 4.69) is 0 Å². The number of carboxylic acid groups (broad SMARTS) is 1. The number of fused-ring (bicyclic) bond motifs is 1. The fourth-order valence-electron chi connectivity index (χ4n) is 3.10. The summed E-state index contributed by atoms with van der Waals surface area (Å²) < 4.78 is 0. The van der Waals surface area contributed by atoms with E-state index >= 15 is 0 Å². The lowest BCUT2D eigenvalue weighted by atomic mass is 10.0. The Bertz CT molecular complexity index is 640. The Morgan fingerprint density at radius 3 is 2.71 bits per heavy atom. The van der Waals surface area contributed by atoms with Gasteiger partial charge in [-0.2, -0.15) is 0 Å². The first-order chi connectivity index (χ1) is 9.93. The van der Waals surface area contributed by atoms with E-state index in [9.17, 15) is 9.90 Å². The van der Waals surface area contributed by atoms with Gasteiger partial charge in [0.05, 0.1) is 10.8 Å². The van der Waals surface area contributed by atoms with E-state index < -0.39 is 16.9 Å². The molecule has 0 aromatic heterocycles. The zero-order valence-corrected chi connectivity index (χ0v) is 13.2. The van der Waals surface area contributed by atoms with Gasteiger partial charge in [0, 0.05) is 18.7 Å². The number of aliphatic carboxylic acids is 1. The first kappa shape index (κ1) is 14.5. The van der Waals surface area contributed by atoms with Crippen LogP contribution in [-0.4, -0.2) is 32.4 Å². The van der Waals surface area contributed by atoms with E-state index in [1.54, 1.807) is 0 Å². The molecule has 1 N–H and O–H groups in total. The van der Waals surface area contributed by atoms with Crippen LogP contribution in [0.15, 0.2) is 36.0 Å². The van der Waals surface area contributed by atoms with E-state index in [0.717, 1.165) is 11.3 Å². The average molecular weight is 322 g/mol. The molecule has 1 aromatic rings. The number of hydrogen-bond acceptors (Lipinski definition) is 3. The molecule has 0 bridgehead atoms. The molecule has 2 heterocycles. The van der Waals surface area contributed by atoms with Crippen LogP contribution in [-0.2, 0) is 4.79 Å². The number of benzene rings is 1. The highest BCUT2D eigenvalue weighted by Gasteiger charge is 2.49. The van der Waals surface area contributed by atoms with Gasteiger partial charge in [-0.15, -0.1) is 0 Å². The van der Waals surface area contributed by atoms with Gasteiger partial charge in [-0.25, -0.2) is 0 Å². The monoisotopic (exact) mass is 321 g/mol. The zero-order chi connectivity index (χ0) is 15.2. The number of rotatable bonds is 3. The molecule has 2 unspecified atom stereocenters. The lowest BCUT2D eigenvalue weighted by molar-refractivity contribution is -0.140. The fraction of sp³-hybridized carbons (Fsp3) is 0.375. The predicted octanol–water partition coefficient (Wildman–Crippen LogP) is 3.34. The Balaban J connectivity index is 1.88. The van der Waals surface area contributed by atoms with Crippen molar-refractivity contribution in [2.24, 2.45) is 5.92 Å². The average Bonchev–Trinajstić information content (AvgIpc) is 3.01. The molecule has 0 saturated carbocycles. The van der Waals surface area contributed by atoms with Crippen LogP contribution in [0.5, 0.6) is 0 Å². The van der Waals surface area contributed by atoms with Gasteiger partial charge in [0.25, 0.3) is 0 Å². The van der Waals surface area contributed by atoms with Crippen LogP contribution >= 0.6 is 23.8 Å². The van der Waals surface area contributed by atoms with Gasteiger partial charge < -0.3 is 10.0 Å². The molecule has 5 heteroatoms. The maximum absolute atomic E-state index is 11.3. The highest BCUT2D eigenvalue weighted by Crippen LogP contribution is 2.46. The number of alkyl halides is 1. The van der Waals surface area contributed by atoms with Crippen molar-refractivity contribution in [1.29, 1.82) is 0 Å². The standard InChI is InChI=1S/C16H16ClNO2S/c1-10-2-4-11(5-3-10)14(21)16(17)8-6-13-12(15(19)20)7-9-18(13)16/h2-6,12H,7-9H2,1H3,(H,19,20). The van der Waals surface area contributed by atoms with Gasteiger partial charge >= 0.3 is 5.97 Å². The van der Waals surface area contributed by atoms with Crippen molar-refractivity contribution in [3.8, 4) is 0 Å². The summed E-state index contributed by atoms with van der Waals surface area (Å²) in [6, 6.07) is 7.97. The Labute approximate surface area is 134 Å². The first-order valence-electron chi connectivity index (χ1n) is 6.94. The van der Waals surface area contributed by atoms with Crippen molar-refractivity contribution >= 4 is 34.7 Å². The maximum Gasteiger partial charge on any atom is 0.312 e. The zero-order valence-electron chi connectivity index (χ0n) is 11.7. The number of halogens is 1. The Morgan fingerprint density at radius 2 is 2.10 bits per heavy atom. The van der Waals surface area contributed by atoms with E-state index in [1.165, 1.54) is 5.56 Å². The minimum Gasteiger partial charge on any atom is -0.481 e. The molecule has 3 nitrogen and oxygen atoms in total. The summed E-state index contributed by atoms with van der Waals surface area (Å²) in [6.45, 7) is 2.66. The van der Waals surface area contributed by atoms with Gasteiger partial charge in [0.15, 0.2) is 5.00 Å². The third-order valence-corrected chi connectivity index (χ3v) is 5.51. The largest absolute Gasteiger partial charge is 0.481 e. The molecule has 1 fully saturated rings. The lowest BCUT2D eigenvalue weighted by Gasteiger charge is -2.34. The summed E-state index contributed by atoms with van der Waals surface area (Å²) >= 11 is 12.4. The third-order valence-electron chi connectivity index (χ3n) is 4.28. The van der Waals surface area contributed by atoms with Crippen LogP contribution < -0.4 is 0 Å². The molecule has 3 rings (SSSR count). The summed E-state index contributed by atoms with van der Waals surface area (Å²) in [5.74, 6) is -1.24. The molecule has 1 saturated heterocycles. The molecular formula is C16H16ClNO2S. The lowest BCUT2D eigenvalue weighted by Crippen LogP contribution is -2.44. The minimum absolute atomic E-state index is 0.452. The molecule has 2 aliphatic rings. The van der Waals surface area contributed by atoms with Crippen molar-refractivity contribution in [2.45, 2.75) is 24.8 Å². The third kappa shape index (κ3) is 2.27. The van der Waals surface area contributed by atoms with Crippen molar-refractivity contribution in [2.75, 3.05) is 6.54 Å². The van der Waals surface area contributed by atoms with Crippen LogP contribution in [0, 0.1) is 12.8 Å². The number of carboxylic acids is 1. The van der Waals surface area contributed by atoms with Crippen molar-refractivity contribution in [1.82, 2.24) is 4.90 Å². The molecule has 2 aliphatic heterocycles. The van der Waals surface area contributed by atoms with E-state index in [0.29, 0.717) is 24.3 Å². The van der Waals surface area contributed by atoms with E-state index in [-0.39, 0.29) is 0 Å². The SMILES string of the molecule is Cc1ccc(C(=S)C2(Cl)CC=C3C(C(=O)O)CCN32)cc1. The van der Waals surface area contributed by atoms with Crippen molar-refractivity contribution < 1.29 is 9.90 Å². The second-order valence-electron chi connectivity index (χ2n) is 5.62. The van der Waals surface area contributed by atoms with Gasteiger partial charge in [0.2, 0.25) is 0 Å². The predicted molar refractivity (Wildman–Crippen MR) is 86.6 cm³/mol. The topological polar surface area (TPSA) is 40.5 Å².